The molecule has 1 aliphatic heterocycles. The van der Waals surface area contributed by atoms with E-state index in [0.29, 0.717) is 25.9 Å². The number of hydrogen-bond acceptors (Lipinski definition) is 3. The van der Waals surface area contributed by atoms with Crippen LogP contribution < -0.4 is 4.74 Å². The van der Waals surface area contributed by atoms with Gasteiger partial charge < -0.3 is 14.2 Å². The second kappa shape index (κ2) is 8.53. The molecular formula is C24H24FN3O2. The summed E-state index contributed by atoms with van der Waals surface area (Å²) in [5, 5.41) is 0. The van der Waals surface area contributed by atoms with Gasteiger partial charge in [0.1, 0.15) is 11.6 Å². The van der Waals surface area contributed by atoms with Crippen LogP contribution in [-0.4, -0.2) is 40.6 Å². The highest BCUT2D eigenvalue weighted by atomic mass is 19.1. The number of aryl methyl sites for hydroxylation is 1. The standard InChI is InChI=1S/C24H24FN3O2/c1-17-15-28(16-26-17)22-8-5-19(14-23(22)30-2)13-20-10-12-27(24(20)29)11-9-18-3-6-21(25)7-4-18/h3-8,13-16H,9-12H2,1-2H3. The first-order valence-corrected chi connectivity index (χ1v) is 9.97. The number of carbonyl (C=O) groups excluding carboxylic acids is 1. The van der Waals surface area contributed by atoms with E-state index in [9.17, 15) is 9.18 Å². The van der Waals surface area contributed by atoms with Gasteiger partial charge in [-0.25, -0.2) is 9.37 Å². The summed E-state index contributed by atoms with van der Waals surface area (Å²) in [6.45, 7) is 3.27. The number of amides is 1. The Morgan fingerprint density at radius 3 is 2.70 bits per heavy atom. The van der Waals surface area contributed by atoms with Crippen molar-refractivity contribution >= 4 is 12.0 Å². The fourth-order valence-electron chi connectivity index (χ4n) is 3.68. The Morgan fingerprint density at radius 1 is 1.20 bits per heavy atom. The summed E-state index contributed by atoms with van der Waals surface area (Å²) in [5.74, 6) is 0.539. The lowest BCUT2D eigenvalue weighted by molar-refractivity contribution is -0.124. The van der Waals surface area contributed by atoms with Crippen molar-refractivity contribution in [2.75, 3.05) is 20.2 Å². The topological polar surface area (TPSA) is 47.4 Å². The Bertz CT molecular complexity index is 1090. The monoisotopic (exact) mass is 405 g/mol. The van der Waals surface area contributed by atoms with Crippen LogP contribution in [0.15, 0.2) is 60.6 Å². The molecule has 1 aliphatic rings. The second-order valence-corrected chi connectivity index (χ2v) is 7.44. The molecule has 0 aliphatic carbocycles. The van der Waals surface area contributed by atoms with Crippen LogP contribution in [0.2, 0.25) is 0 Å². The molecule has 0 saturated carbocycles. The van der Waals surface area contributed by atoms with E-state index in [-0.39, 0.29) is 11.7 Å². The van der Waals surface area contributed by atoms with E-state index in [1.54, 1.807) is 25.6 Å². The zero-order chi connectivity index (χ0) is 21.1. The normalized spacial score (nSPS) is 15.2. The van der Waals surface area contributed by atoms with Gasteiger partial charge >= 0.3 is 0 Å². The fraction of sp³-hybridized carbons (Fsp3) is 0.250. The molecule has 1 fully saturated rings. The van der Waals surface area contributed by atoms with Gasteiger partial charge in [-0.05, 0) is 61.2 Å². The summed E-state index contributed by atoms with van der Waals surface area (Å²) in [4.78, 5) is 18.9. The van der Waals surface area contributed by atoms with Crippen LogP contribution in [0.1, 0.15) is 23.2 Å². The van der Waals surface area contributed by atoms with E-state index >= 15 is 0 Å². The highest BCUT2D eigenvalue weighted by Crippen LogP contribution is 2.27. The third-order valence-corrected chi connectivity index (χ3v) is 5.33. The van der Waals surface area contributed by atoms with Crippen LogP contribution in [0.25, 0.3) is 11.8 Å². The van der Waals surface area contributed by atoms with Gasteiger partial charge in [0, 0.05) is 24.9 Å². The summed E-state index contributed by atoms with van der Waals surface area (Å²) >= 11 is 0. The molecule has 30 heavy (non-hydrogen) atoms. The number of ether oxygens (including phenoxy) is 1. The minimum Gasteiger partial charge on any atom is -0.495 e. The molecule has 0 bridgehead atoms. The molecule has 3 aromatic rings. The second-order valence-electron chi connectivity index (χ2n) is 7.44. The third-order valence-electron chi connectivity index (χ3n) is 5.33. The zero-order valence-corrected chi connectivity index (χ0v) is 17.1. The van der Waals surface area contributed by atoms with E-state index in [2.05, 4.69) is 4.98 Å². The van der Waals surface area contributed by atoms with Crippen molar-refractivity contribution in [3.63, 3.8) is 0 Å². The first-order valence-electron chi connectivity index (χ1n) is 9.97. The quantitative estimate of drug-likeness (QED) is 0.578. The Balaban J connectivity index is 1.46. The SMILES string of the molecule is COc1cc(C=C2CCN(CCc3ccc(F)cc3)C2=O)ccc1-n1cnc(C)c1. The molecule has 2 aromatic carbocycles. The number of benzene rings is 2. The number of halogens is 1. The van der Waals surface area contributed by atoms with Gasteiger partial charge in [0.15, 0.2) is 0 Å². The number of hydrogen-bond donors (Lipinski definition) is 0. The maximum atomic E-state index is 13.0. The van der Waals surface area contributed by atoms with Crippen molar-refractivity contribution in [1.82, 2.24) is 14.5 Å². The van der Waals surface area contributed by atoms with Crippen LogP contribution in [0, 0.1) is 12.7 Å². The Labute approximate surface area is 175 Å². The Hall–Kier alpha value is -3.41. The molecule has 1 aromatic heterocycles. The molecule has 4 rings (SSSR count). The van der Waals surface area contributed by atoms with Crippen molar-refractivity contribution < 1.29 is 13.9 Å². The molecule has 0 radical (unpaired) electrons. The lowest BCUT2D eigenvalue weighted by atomic mass is 10.1. The minimum atomic E-state index is -0.245. The van der Waals surface area contributed by atoms with Crippen LogP contribution in [0.4, 0.5) is 4.39 Å². The number of likely N-dealkylation sites (tertiary alicyclic amines) is 1. The van der Waals surface area contributed by atoms with Crippen molar-refractivity contribution in [2.45, 2.75) is 19.8 Å². The molecule has 154 valence electrons. The maximum Gasteiger partial charge on any atom is 0.249 e. The lowest BCUT2D eigenvalue weighted by Crippen LogP contribution is -2.27. The number of aromatic nitrogens is 2. The maximum absolute atomic E-state index is 13.0. The number of rotatable bonds is 6. The van der Waals surface area contributed by atoms with E-state index in [4.69, 9.17) is 4.74 Å². The molecule has 2 heterocycles. The van der Waals surface area contributed by atoms with Gasteiger partial charge in [0.05, 0.1) is 24.8 Å². The van der Waals surface area contributed by atoms with E-state index < -0.39 is 0 Å². The highest BCUT2D eigenvalue weighted by molar-refractivity contribution is 6.00. The molecular weight excluding hydrogens is 381 g/mol. The van der Waals surface area contributed by atoms with Gasteiger partial charge in [-0.15, -0.1) is 0 Å². The van der Waals surface area contributed by atoms with Gasteiger partial charge in [0.2, 0.25) is 5.91 Å². The summed E-state index contributed by atoms with van der Waals surface area (Å²) in [7, 11) is 1.64. The largest absolute Gasteiger partial charge is 0.495 e. The first kappa shape index (κ1) is 19.9. The molecule has 1 saturated heterocycles. The van der Waals surface area contributed by atoms with E-state index in [1.807, 2.05) is 46.9 Å². The fourth-order valence-corrected chi connectivity index (χ4v) is 3.68. The summed E-state index contributed by atoms with van der Waals surface area (Å²) < 4.78 is 20.5. The zero-order valence-electron chi connectivity index (χ0n) is 17.1. The minimum absolute atomic E-state index is 0.0605. The van der Waals surface area contributed by atoms with Gasteiger partial charge in [-0.1, -0.05) is 18.2 Å². The van der Waals surface area contributed by atoms with Gasteiger partial charge in [-0.2, -0.15) is 0 Å². The summed E-state index contributed by atoms with van der Waals surface area (Å²) in [6.07, 6.45) is 7.06. The average Bonchev–Trinajstić information content (AvgIpc) is 3.33. The number of methoxy groups -OCH3 is 1. The van der Waals surface area contributed by atoms with Crippen LogP contribution in [-0.2, 0) is 11.2 Å². The Morgan fingerprint density at radius 2 is 2.00 bits per heavy atom. The number of carbonyl (C=O) groups is 1. The van der Waals surface area contributed by atoms with Crippen molar-refractivity contribution in [1.29, 1.82) is 0 Å². The van der Waals surface area contributed by atoms with Crippen molar-refractivity contribution in [2.24, 2.45) is 0 Å². The molecule has 0 spiro atoms. The van der Waals surface area contributed by atoms with E-state index in [0.717, 1.165) is 33.8 Å². The molecule has 0 unspecified atom stereocenters. The lowest BCUT2D eigenvalue weighted by Gasteiger charge is -2.15. The molecule has 5 nitrogen and oxygen atoms in total. The first-order chi connectivity index (χ1) is 14.5. The van der Waals surface area contributed by atoms with Gasteiger partial charge in [0.25, 0.3) is 0 Å². The smallest absolute Gasteiger partial charge is 0.249 e. The van der Waals surface area contributed by atoms with Crippen LogP contribution in [0.5, 0.6) is 5.75 Å². The highest BCUT2D eigenvalue weighted by Gasteiger charge is 2.25. The predicted molar refractivity (Wildman–Crippen MR) is 114 cm³/mol. The van der Waals surface area contributed by atoms with Crippen LogP contribution in [0.3, 0.4) is 0 Å². The van der Waals surface area contributed by atoms with E-state index in [1.165, 1.54) is 12.1 Å². The summed E-state index contributed by atoms with van der Waals surface area (Å²) in [6, 6.07) is 12.3. The van der Waals surface area contributed by atoms with Crippen molar-refractivity contribution in [3.05, 3.63) is 83.2 Å². The number of nitrogens with zero attached hydrogens (tertiary/aromatic N) is 3. The molecule has 0 atom stereocenters. The molecule has 6 heteroatoms. The number of imidazole rings is 1. The average molecular weight is 405 g/mol. The van der Waals surface area contributed by atoms with Crippen molar-refractivity contribution in [3.8, 4) is 11.4 Å². The van der Waals surface area contributed by atoms with Crippen LogP contribution >= 0.6 is 0 Å². The third kappa shape index (κ3) is 4.27. The predicted octanol–water partition coefficient (Wildman–Crippen LogP) is 4.19. The van der Waals surface area contributed by atoms with Gasteiger partial charge in [-0.3, -0.25) is 4.79 Å². The Kier molecular flexibility index (Phi) is 5.65. The molecule has 1 amide bonds. The molecule has 0 N–H and O–H groups in total. The summed E-state index contributed by atoms with van der Waals surface area (Å²) in [5.41, 5.74) is 4.58.